The largest absolute Gasteiger partial charge is 0.313 e. The van der Waals surface area contributed by atoms with Crippen LogP contribution < -0.4 is 5.32 Å². The van der Waals surface area contributed by atoms with Gasteiger partial charge < -0.3 is 5.32 Å². The molecule has 1 unspecified atom stereocenters. The number of hydrogen-bond acceptors (Lipinski definition) is 3. The van der Waals surface area contributed by atoms with Crippen molar-refractivity contribution in [2.45, 2.75) is 39.7 Å². The van der Waals surface area contributed by atoms with Gasteiger partial charge in [-0.15, -0.1) is 0 Å². The van der Waals surface area contributed by atoms with Crippen LogP contribution in [-0.4, -0.2) is 33.0 Å². The van der Waals surface area contributed by atoms with Crippen molar-refractivity contribution in [3.05, 3.63) is 0 Å². The van der Waals surface area contributed by atoms with Gasteiger partial charge >= 0.3 is 0 Å². The highest BCUT2D eigenvalue weighted by Crippen LogP contribution is 2.14. The fourth-order valence-electron chi connectivity index (χ4n) is 1.81. The molecule has 0 fully saturated rings. The SMILES string of the molecule is CCNC(CS(C)(=O)=O)C(CC)CC. The zero-order valence-corrected chi connectivity index (χ0v) is 10.5. The molecule has 0 aliphatic heterocycles. The first kappa shape index (κ1) is 13.9. The fourth-order valence-corrected chi connectivity index (χ4v) is 2.85. The average molecular weight is 221 g/mol. The van der Waals surface area contributed by atoms with Gasteiger partial charge in [0.2, 0.25) is 0 Å². The van der Waals surface area contributed by atoms with E-state index in [0.29, 0.717) is 5.92 Å². The molecule has 1 atom stereocenters. The molecule has 0 aliphatic carbocycles. The Balaban J connectivity index is 4.41. The zero-order valence-electron chi connectivity index (χ0n) is 9.71. The molecule has 0 aromatic carbocycles. The summed E-state index contributed by atoms with van der Waals surface area (Å²) in [6.07, 6.45) is 3.37. The van der Waals surface area contributed by atoms with Gasteiger partial charge in [0.05, 0.1) is 5.75 Å². The third-order valence-electron chi connectivity index (χ3n) is 2.57. The van der Waals surface area contributed by atoms with E-state index in [1.807, 2.05) is 6.92 Å². The smallest absolute Gasteiger partial charge is 0.148 e. The summed E-state index contributed by atoms with van der Waals surface area (Å²) in [6, 6.07) is 0.116. The Hall–Kier alpha value is -0.0900. The first-order valence-corrected chi connectivity index (χ1v) is 7.41. The van der Waals surface area contributed by atoms with Gasteiger partial charge in [0.1, 0.15) is 9.84 Å². The molecule has 0 bridgehead atoms. The van der Waals surface area contributed by atoms with Gasteiger partial charge in [-0.05, 0) is 12.5 Å². The lowest BCUT2D eigenvalue weighted by atomic mass is 9.95. The van der Waals surface area contributed by atoms with Crippen LogP contribution in [0.2, 0.25) is 0 Å². The van der Waals surface area contributed by atoms with Gasteiger partial charge in [0.25, 0.3) is 0 Å². The quantitative estimate of drug-likeness (QED) is 0.707. The van der Waals surface area contributed by atoms with Gasteiger partial charge in [0.15, 0.2) is 0 Å². The minimum absolute atomic E-state index is 0.116. The molecule has 0 rings (SSSR count). The molecule has 0 saturated heterocycles. The molecule has 86 valence electrons. The summed E-state index contributed by atoms with van der Waals surface area (Å²) in [6.45, 7) is 7.07. The molecule has 0 radical (unpaired) electrons. The predicted octanol–water partition coefficient (Wildman–Crippen LogP) is 1.45. The molecule has 0 aromatic rings. The zero-order chi connectivity index (χ0) is 11.2. The lowest BCUT2D eigenvalue weighted by Crippen LogP contribution is -2.41. The van der Waals surface area contributed by atoms with Gasteiger partial charge in [-0.1, -0.05) is 33.6 Å². The molecule has 0 aromatic heterocycles. The molecule has 14 heavy (non-hydrogen) atoms. The van der Waals surface area contributed by atoms with Crippen molar-refractivity contribution < 1.29 is 8.42 Å². The van der Waals surface area contributed by atoms with E-state index in [4.69, 9.17) is 0 Å². The van der Waals surface area contributed by atoms with Crippen molar-refractivity contribution in [2.75, 3.05) is 18.6 Å². The van der Waals surface area contributed by atoms with Crippen molar-refractivity contribution >= 4 is 9.84 Å². The Bertz CT molecular complexity index is 233. The van der Waals surface area contributed by atoms with Crippen LogP contribution >= 0.6 is 0 Å². The lowest BCUT2D eigenvalue weighted by Gasteiger charge is -2.25. The Morgan fingerprint density at radius 3 is 1.93 bits per heavy atom. The summed E-state index contributed by atoms with van der Waals surface area (Å²) in [5.74, 6) is 0.720. The fraction of sp³-hybridized carbons (Fsp3) is 1.00. The Kier molecular flexibility index (Phi) is 6.36. The van der Waals surface area contributed by atoms with Gasteiger partial charge in [-0.2, -0.15) is 0 Å². The lowest BCUT2D eigenvalue weighted by molar-refractivity contribution is 0.361. The maximum atomic E-state index is 11.2. The number of sulfone groups is 1. The van der Waals surface area contributed by atoms with Crippen LogP contribution in [0.4, 0.5) is 0 Å². The molecular weight excluding hydrogens is 198 g/mol. The van der Waals surface area contributed by atoms with E-state index in [-0.39, 0.29) is 11.8 Å². The van der Waals surface area contributed by atoms with Crippen LogP contribution in [0.3, 0.4) is 0 Å². The highest BCUT2D eigenvalue weighted by atomic mass is 32.2. The molecule has 0 spiro atoms. The molecule has 1 N–H and O–H groups in total. The van der Waals surface area contributed by atoms with Crippen LogP contribution in [0.5, 0.6) is 0 Å². The molecule has 0 amide bonds. The van der Waals surface area contributed by atoms with Crippen LogP contribution in [0.15, 0.2) is 0 Å². The summed E-state index contributed by atoms with van der Waals surface area (Å²) in [5, 5.41) is 3.26. The van der Waals surface area contributed by atoms with Gasteiger partial charge in [0, 0.05) is 12.3 Å². The number of hydrogen-bond donors (Lipinski definition) is 1. The van der Waals surface area contributed by atoms with Crippen LogP contribution in [0.1, 0.15) is 33.6 Å². The van der Waals surface area contributed by atoms with Crippen molar-refractivity contribution in [3.63, 3.8) is 0 Å². The van der Waals surface area contributed by atoms with Crippen LogP contribution in [-0.2, 0) is 9.84 Å². The summed E-state index contributed by atoms with van der Waals surface area (Å²) in [7, 11) is -2.87. The Morgan fingerprint density at radius 2 is 1.64 bits per heavy atom. The minimum Gasteiger partial charge on any atom is -0.313 e. The number of nitrogens with one attached hydrogen (secondary N) is 1. The topological polar surface area (TPSA) is 46.2 Å². The van der Waals surface area contributed by atoms with Crippen molar-refractivity contribution in [2.24, 2.45) is 5.92 Å². The summed E-state index contributed by atoms with van der Waals surface area (Å²) in [4.78, 5) is 0. The Labute approximate surface area is 88.2 Å². The molecule has 0 aliphatic rings. The van der Waals surface area contributed by atoms with Crippen molar-refractivity contribution in [1.29, 1.82) is 0 Å². The third-order valence-corrected chi connectivity index (χ3v) is 3.53. The molecule has 3 nitrogen and oxygen atoms in total. The van der Waals surface area contributed by atoms with Crippen molar-refractivity contribution in [1.82, 2.24) is 5.32 Å². The second-order valence-electron chi connectivity index (χ2n) is 3.83. The van der Waals surface area contributed by atoms with E-state index in [1.165, 1.54) is 6.26 Å². The van der Waals surface area contributed by atoms with Crippen LogP contribution in [0, 0.1) is 5.92 Å². The van der Waals surface area contributed by atoms with Crippen molar-refractivity contribution in [3.8, 4) is 0 Å². The van der Waals surface area contributed by atoms with Gasteiger partial charge in [-0.3, -0.25) is 0 Å². The standard InChI is InChI=1S/C10H23NO2S/c1-5-9(6-2)10(11-7-3)8-14(4,12)13/h9-11H,5-8H2,1-4H3. The van der Waals surface area contributed by atoms with E-state index in [0.717, 1.165) is 19.4 Å². The highest BCUT2D eigenvalue weighted by molar-refractivity contribution is 7.90. The molecule has 0 heterocycles. The van der Waals surface area contributed by atoms with E-state index in [9.17, 15) is 8.42 Å². The monoisotopic (exact) mass is 221 g/mol. The predicted molar refractivity (Wildman–Crippen MR) is 61.2 cm³/mol. The van der Waals surface area contributed by atoms with E-state index in [1.54, 1.807) is 0 Å². The molecule has 0 saturated carbocycles. The summed E-state index contributed by atoms with van der Waals surface area (Å²) >= 11 is 0. The minimum atomic E-state index is -2.87. The van der Waals surface area contributed by atoms with Crippen LogP contribution in [0.25, 0.3) is 0 Å². The second kappa shape index (κ2) is 6.40. The molecule has 4 heteroatoms. The first-order valence-electron chi connectivity index (χ1n) is 5.35. The normalized spacial score (nSPS) is 14.6. The highest BCUT2D eigenvalue weighted by Gasteiger charge is 2.21. The maximum Gasteiger partial charge on any atom is 0.148 e. The first-order chi connectivity index (χ1) is 6.44. The maximum absolute atomic E-state index is 11.2. The van der Waals surface area contributed by atoms with E-state index < -0.39 is 9.84 Å². The summed E-state index contributed by atoms with van der Waals surface area (Å²) < 4.78 is 22.4. The summed E-state index contributed by atoms with van der Waals surface area (Å²) in [5.41, 5.74) is 0. The number of rotatable bonds is 7. The molecular formula is C10H23NO2S. The van der Waals surface area contributed by atoms with E-state index in [2.05, 4.69) is 19.2 Å². The van der Waals surface area contributed by atoms with E-state index >= 15 is 0 Å². The Morgan fingerprint density at radius 1 is 1.14 bits per heavy atom. The third kappa shape index (κ3) is 5.60. The average Bonchev–Trinajstić information content (AvgIpc) is 2.04. The second-order valence-corrected chi connectivity index (χ2v) is 6.02. The van der Waals surface area contributed by atoms with Gasteiger partial charge in [-0.25, -0.2) is 8.42 Å².